The summed E-state index contributed by atoms with van der Waals surface area (Å²) in [6.07, 6.45) is -0.352. The molecule has 0 bridgehead atoms. The van der Waals surface area contributed by atoms with E-state index in [1.54, 1.807) is 66.7 Å². The fourth-order valence-corrected chi connectivity index (χ4v) is 4.27. The molecule has 0 spiro atoms. The van der Waals surface area contributed by atoms with Crippen molar-refractivity contribution >= 4 is 21.9 Å². The van der Waals surface area contributed by atoms with Gasteiger partial charge >= 0.3 is 5.97 Å². The van der Waals surface area contributed by atoms with Crippen LogP contribution in [0.2, 0.25) is 0 Å². The van der Waals surface area contributed by atoms with Gasteiger partial charge in [-0.25, -0.2) is 8.98 Å². The lowest BCUT2D eigenvalue weighted by Gasteiger charge is -2.18. The van der Waals surface area contributed by atoms with E-state index in [2.05, 4.69) is 6.58 Å². The van der Waals surface area contributed by atoms with Crippen LogP contribution in [0.3, 0.4) is 0 Å². The van der Waals surface area contributed by atoms with E-state index in [1.807, 2.05) is 6.92 Å². The van der Waals surface area contributed by atoms with Gasteiger partial charge in [0.2, 0.25) is 0 Å². The summed E-state index contributed by atoms with van der Waals surface area (Å²) < 4.78 is 47.5. The van der Waals surface area contributed by atoms with Gasteiger partial charge in [-0.15, -0.1) is 0 Å². The third-order valence-corrected chi connectivity index (χ3v) is 6.42. The number of Topliss-reactive ketones (excluding diaryl/α,β-unsaturated/α-hetero) is 1. The fraction of sp³-hybridized carbons (Fsp3) is 0.214. The molecule has 0 aliphatic heterocycles. The van der Waals surface area contributed by atoms with Gasteiger partial charge in [0, 0.05) is 11.6 Å². The molecule has 9 heteroatoms. The molecule has 0 heterocycles. The zero-order valence-electron chi connectivity index (χ0n) is 20.4. The number of carbonyl (C=O) groups is 2. The molecule has 0 aliphatic carbocycles. The highest BCUT2D eigenvalue weighted by Crippen LogP contribution is 2.29. The van der Waals surface area contributed by atoms with Crippen LogP contribution in [0.15, 0.2) is 96.4 Å². The minimum atomic E-state index is -4.25. The van der Waals surface area contributed by atoms with Gasteiger partial charge in [-0.3, -0.25) is 4.79 Å². The first-order chi connectivity index (χ1) is 17.8. The zero-order chi connectivity index (χ0) is 26.7. The van der Waals surface area contributed by atoms with Gasteiger partial charge in [0.25, 0.3) is 10.1 Å². The van der Waals surface area contributed by atoms with Gasteiger partial charge in [0.05, 0.1) is 18.1 Å². The Morgan fingerprint density at radius 3 is 2.30 bits per heavy atom. The largest absolute Gasteiger partial charge is 0.491 e. The summed E-state index contributed by atoms with van der Waals surface area (Å²) >= 11 is 0. The molecule has 0 fully saturated rings. The summed E-state index contributed by atoms with van der Waals surface area (Å²) in [5.74, 6) is -0.630. The molecule has 0 saturated carbocycles. The second-order valence-electron chi connectivity index (χ2n) is 7.88. The number of esters is 1. The predicted molar refractivity (Wildman–Crippen MR) is 137 cm³/mol. The lowest BCUT2D eigenvalue weighted by atomic mass is 10.00. The van der Waals surface area contributed by atoms with Crippen LogP contribution in [-0.4, -0.2) is 46.6 Å². The molecular weight excluding hydrogens is 496 g/mol. The van der Waals surface area contributed by atoms with Crippen LogP contribution < -0.4 is 4.74 Å². The monoisotopic (exact) mass is 524 g/mol. The van der Waals surface area contributed by atoms with Crippen molar-refractivity contribution in [3.63, 3.8) is 0 Å². The maximum Gasteiger partial charge on any atom is 0.330 e. The van der Waals surface area contributed by atoms with Crippen LogP contribution in [-0.2, 0) is 28.6 Å². The second kappa shape index (κ2) is 13.5. The molecule has 3 aromatic rings. The quantitative estimate of drug-likeness (QED) is 0.100. The highest BCUT2D eigenvalue weighted by atomic mass is 32.2. The van der Waals surface area contributed by atoms with Crippen LogP contribution in [0.5, 0.6) is 5.75 Å². The number of carbonyl (C=O) groups excluding carboxylic acids is 2. The standard InChI is InChI=1S/C28H28O8S/c1-3-26(29)35-19-17-33-16-18-34-24-11-7-10-23(20-24)28(27(30)22-8-5-4-6-9-22)36-37(31,32)25-14-12-21(2)13-15-25/h3-15,20,28H,1,16-19H2,2H3. The van der Waals surface area contributed by atoms with E-state index in [9.17, 15) is 18.0 Å². The summed E-state index contributed by atoms with van der Waals surface area (Å²) in [5, 5.41) is 0. The summed E-state index contributed by atoms with van der Waals surface area (Å²) in [6, 6.07) is 21.0. The van der Waals surface area contributed by atoms with Gasteiger partial charge in [-0.2, -0.15) is 8.42 Å². The Morgan fingerprint density at radius 2 is 1.59 bits per heavy atom. The molecule has 0 amide bonds. The first-order valence-electron chi connectivity index (χ1n) is 11.5. The predicted octanol–water partition coefficient (Wildman–Crippen LogP) is 4.45. The smallest absolute Gasteiger partial charge is 0.330 e. The molecule has 194 valence electrons. The third kappa shape index (κ3) is 8.38. The van der Waals surface area contributed by atoms with E-state index in [1.165, 1.54) is 12.1 Å². The molecule has 0 aliphatic rings. The second-order valence-corrected chi connectivity index (χ2v) is 9.45. The average molecular weight is 525 g/mol. The number of ketones is 1. The molecule has 1 unspecified atom stereocenters. The van der Waals surface area contributed by atoms with E-state index in [4.69, 9.17) is 18.4 Å². The number of rotatable bonds is 14. The van der Waals surface area contributed by atoms with Crippen LogP contribution in [0.4, 0.5) is 0 Å². The van der Waals surface area contributed by atoms with Crippen molar-refractivity contribution in [3.8, 4) is 5.75 Å². The Hall–Kier alpha value is -3.79. The van der Waals surface area contributed by atoms with E-state index in [-0.39, 0.29) is 31.3 Å². The average Bonchev–Trinajstić information content (AvgIpc) is 2.91. The molecule has 1 atom stereocenters. The maximum atomic E-state index is 13.4. The Morgan fingerprint density at radius 1 is 0.892 bits per heavy atom. The van der Waals surface area contributed by atoms with Crippen LogP contribution in [0, 0.1) is 6.92 Å². The molecule has 8 nitrogen and oxygen atoms in total. The zero-order valence-corrected chi connectivity index (χ0v) is 21.2. The summed E-state index contributed by atoms with van der Waals surface area (Å²) in [4.78, 5) is 24.3. The van der Waals surface area contributed by atoms with Crippen molar-refractivity contribution in [2.24, 2.45) is 0 Å². The maximum absolute atomic E-state index is 13.4. The minimum Gasteiger partial charge on any atom is -0.491 e. The van der Waals surface area contributed by atoms with Gasteiger partial charge in [0.1, 0.15) is 19.0 Å². The highest BCUT2D eigenvalue weighted by molar-refractivity contribution is 7.86. The SMILES string of the molecule is C=CC(=O)OCCOCCOc1cccc(C(OS(=O)(=O)c2ccc(C)cc2)C(=O)c2ccccc2)c1. The Labute approximate surface area is 216 Å². The number of hydrogen-bond acceptors (Lipinski definition) is 8. The van der Waals surface area contributed by atoms with Crippen LogP contribution in [0.25, 0.3) is 0 Å². The number of benzene rings is 3. The van der Waals surface area contributed by atoms with Gasteiger partial charge < -0.3 is 14.2 Å². The van der Waals surface area contributed by atoms with Crippen molar-refractivity contribution in [3.05, 3.63) is 108 Å². The Bertz CT molecular complexity index is 1300. The molecule has 0 aromatic heterocycles. The van der Waals surface area contributed by atoms with E-state index < -0.39 is 28.0 Å². The molecule has 0 radical (unpaired) electrons. The summed E-state index contributed by atoms with van der Waals surface area (Å²) in [6.45, 7) is 5.84. The van der Waals surface area contributed by atoms with E-state index in [0.29, 0.717) is 16.9 Å². The van der Waals surface area contributed by atoms with Gasteiger partial charge in [-0.05, 0) is 36.8 Å². The lowest BCUT2D eigenvalue weighted by Crippen LogP contribution is -2.21. The van der Waals surface area contributed by atoms with Crippen molar-refractivity contribution in [1.29, 1.82) is 0 Å². The molecule has 0 saturated heterocycles. The van der Waals surface area contributed by atoms with Crippen LogP contribution in [0.1, 0.15) is 27.6 Å². The molecule has 37 heavy (non-hydrogen) atoms. The summed E-state index contributed by atoms with van der Waals surface area (Å²) in [7, 11) is -4.25. The highest BCUT2D eigenvalue weighted by Gasteiger charge is 2.30. The van der Waals surface area contributed by atoms with Gasteiger partial charge in [0.15, 0.2) is 11.9 Å². The first kappa shape index (κ1) is 27.8. The van der Waals surface area contributed by atoms with E-state index in [0.717, 1.165) is 11.6 Å². The normalized spacial score (nSPS) is 11.9. The first-order valence-corrected chi connectivity index (χ1v) is 12.9. The number of aryl methyl sites for hydroxylation is 1. The molecule has 3 rings (SSSR count). The number of ether oxygens (including phenoxy) is 3. The molecule has 0 N–H and O–H groups in total. The molecule has 3 aromatic carbocycles. The van der Waals surface area contributed by atoms with E-state index >= 15 is 0 Å². The van der Waals surface area contributed by atoms with Crippen LogP contribution >= 0.6 is 0 Å². The lowest BCUT2D eigenvalue weighted by molar-refractivity contribution is -0.139. The fourth-order valence-electron chi connectivity index (χ4n) is 3.24. The van der Waals surface area contributed by atoms with Crippen molar-refractivity contribution in [1.82, 2.24) is 0 Å². The van der Waals surface area contributed by atoms with Crippen molar-refractivity contribution < 1.29 is 36.4 Å². The third-order valence-electron chi connectivity index (χ3n) is 5.12. The van der Waals surface area contributed by atoms with Gasteiger partial charge in [-0.1, -0.05) is 66.7 Å². The van der Waals surface area contributed by atoms with Crippen molar-refractivity contribution in [2.45, 2.75) is 17.9 Å². The number of hydrogen-bond donors (Lipinski definition) is 0. The Balaban J connectivity index is 1.73. The van der Waals surface area contributed by atoms with Crippen molar-refractivity contribution in [2.75, 3.05) is 26.4 Å². The minimum absolute atomic E-state index is 0.0488. The summed E-state index contributed by atoms with van der Waals surface area (Å²) in [5.41, 5.74) is 1.52. The Kier molecular flexibility index (Phi) is 10.1. The topological polar surface area (TPSA) is 105 Å². The molecular formula is C28H28O8S.